The van der Waals surface area contributed by atoms with Crippen LogP contribution in [0.3, 0.4) is 0 Å². The van der Waals surface area contributed by atoms with Crippen molar-refractivity contribution in [2.75, 3.05) is 11.1 Å². The Hall–Kier alpha value is -2.72. The fourth-order valence-electron chi connectivity index (χ4n) is 3.35. The maximum Gasteiger partial charge on any atom is 0.328 e. The van der Waals surface area contributed by atoms with Gasteiger partial charge in [-0.05, 0) is 30.5 Å². The molecule has 0 saturated carbocycles. The van der Waals surface area contributed by atoms with Crippen LogP contribution in [0.15, 0.2) is 34.2 Å². The normalized spacial score (nSPS) is 14.2. The number of nitrogens with zero attached hydrogens (tertiary/aromatic N) is 3. The molecule has 3 aromatic rings. The molecular formula is C21H27ClN6O3S. The number of benzene rings is 1. The van der Waals surface area contributed by atoms with Crippen LogP contribution in [0.1, 0.15) is 45.6 Å². The Morgan fingerprint density at radius 1 is 1.25 bits per heavy atom. The molecule has 0 aliphatic carbocycles. The molecule has 1 amide bonds. The number of aromatic nitrogens is 4. The molecule has 3 rings (SSSR count). The second-order valence-electron chi connectivity index (χ2n) is 7.75. The molecule has 0 spiro atoms. The molecule has 0 aliphatic rings. The number of nitrogens with one attached hydrogen (secondary N) is 3. The van der Waals surface area contributed by atoms with Crippen molar-refractivity contribution < 1.29 is 9.00 Å². The number of fused-ring (bicyclic) bond motifs is 1. The summed E-state index contributed by atoms with van der Waals surface area (Å²) in [5.41, 5.74) is 0.770. The van der Waals surface area contributed by atoms with E-state index in [0.717, 1.165) is 12.0 Å². The van der Waals surface area contributed by atoms with E-state index in [1.54, 1.807) is 31.2 Å². The van der Waals surface area contributed by atoms with Gasteiger partial charge in [0.05, 0.1) is 6.54 Å². The Balaban J connectivity index is 2.15. The van der Waals surface area contributed by atoms with Gasteiger partial charge in [0.25, 0.3) is 0 Å². The van der Waals surface area contributed by atoms with Gasteiger partial charge in [0.2, 0.25) is 11.1 Å². The standard InChI is InChI=1S/C21H27ClN6O3S/c1-4-6-13(3)19(29)25-17-16-18(27-20(26-17)32(23,31)11-5-2)28(21(30)24-16)12-14-7-9-15(22)10-8-14/h7-10,13,23H,4-6,11-12H2,1-3H3,(H,24,30)(H,25,26,27,29). The monoisotopic (exact) mass is 478 g/mol. The van der Waals surface area contributed by atoms with Crippen molar-refractivity contribution in [3.63, 3.8) is 0 Å². The summed E-state index contributed by atoms with van der Waals surface area (Å²) < 4.78 is 22.6. The van der Waals surface area contributed by atoms with Gasteiger partial charge in [0.15, 0.2) is 11.5 Å². The van der Waals surface area contributed by atoms with Crippen LogP contribution in [-0.2, 0) is 21.1 Å². The average Bonchev–Trinajstić information content (AvgIpc) is 3.05. The van der Waals surface area contributed by atoms with E-state index >= 15 is 0 Å². The maximum absolute atomic E-state index is 12.9. The summed E-state index contributed by atoms with van der Waals surface area (Å²) in [5.74, 6) is -0.409. The number of hydrogen-bond donors (Lipinski definition) is 3. The first-order valence-electron chi connectivity index (χ1n) is 10.5. The van der Waals surface area contributed by atoms with E-state index < -0.39 is 15.4 Å². The molecular weight excluding hydrogens is 452 g/mol. The third-order valence-corrected chi connectivity index (χ3v) is 7.06. The van der Waals surface area contributed by atoms with Gasteiger partial charge in [-0.3, -0.25) is 9.36 Å². The third kappa shape index (κ3) is 5.18. The lowest BCUT2D eigenvalue weighted by molar-refractivity contribution is -0.119. The zero-order valence-electron chi connectivity index (χ0n) is 18.3. The number of halogens is 1. The summed E-state index contributed by atoms with van der Waals surface area (Å²) >= 11 is 5.95. The Bertz CT molecular complexity index is 1280. The van der Waals surface area contributed by atoms with Crippen LogP contribution in [0.5, 0.6) is 0 Å². The van der Waals surface area contributed by atoms with E-state index in [0.29, 0.717) is 17.9 Å². The summed E-state index contributed by atoms with van der Waals surface area (Å²) in [6.07, 6.45) is 2.03. The summed E-state index contributed by atoms with van der Waals surface area (Å²) in [4.78, 5) is 36.7. The van der Waals surface area contributed by atoms with Gasteiger partial charge >= 0.3 is 5.69 Å². The van der Waals surface area contributed by atoms with Crippen molar-refractivity contribution in [1.29, 1.82) is 4.78 Å². The van der Waals surface area contributed by atoms with Crippen molar-refractivity contribution in [2.45, 2.75) is 51.7 Å². The highest BCUT2D eigenvalue weighted by atomic mass is 35.5. The lowest BCUT2D eigenvalue weighted by atomic mass is 10.1. The Kier molecular flexibility index (Phi) is 7.35. The Morgan fingerprint density at radius 3 is 2.56 bits per heavy atom. The number of aromatic amines is 1. The zero-order chi connectivity index (χ0) is 23.5. The van der Waals surface area contributed by atoms with Crippen LogP contribution in [0.4, 0.5) is 5.82 Å². The molecule has 9 nitrogen and oxygen atoms in total. The van der Waals surface area contributed by atoms with Crippen molar-refractivity contribution in [3.8, 4) is 0 Å². The van der Waals surface area contributed by atoms with Gasteiger partial charge in [-0.25, -0.2) is 13.8 Å². The quantitative estimate of drug-likeness (QED) is 0.399. The SMILES string of the molecule is CCCC(C)C(=O)Nc1nc(S(=N)(=O)CCC)nc2c1[nH]c(=O)n2Cc1ccc(Cl)cc1. The van der Waals surface area contributed by atoms with Gasteiger partial charge in [-0.15, -0.1) is 0 Å². The first-order chi connectivity index (χ1) is 15.2. The molecule has 2 unspecified atom stereocenters. The van der Waals surface area contributed by atoms with Crippen LogP contribution in [0, 0.1) is 10.7 Å². The second-order valence-corrected chi connectivity index (χ2v) is 10.3. The van der Waals surface area contributed by atoms with Crippen LogP contribution in [0.2, 0.25) is 5.02 Å². The predicted octanol–water partition coefficient (Wildman–Crippen LogP) is 4.01. The van der Waals surface area contributed by atoms with E-state index in [1.165, 1.54) is 4.57 Å². The maximum atomic E-state index is 12.9. The van der Waals surface area contributed by atoms with E-state index in [9.17, 15) is 13.8 Å². The largest absolute Gasteiger partial charge is 0.328 e. The molecule has 0 fully saturated rings. The fourth-order valence-corrected chi connectivity index (χ4v) is 4.71. The third-order valence-electron chi connectivity index (χ3n) is 5.05. The van der Waals surface area contributed by atoms with Crippen molar-refractivity contribution in [2.24, 2.45) is 5.92 Å². The first-order valence-corrected chi connectivity index (χ1v) is 12.6. The number of imidazole rings is 1. The second kappa shape index (κ2) is 9.83. The Morgan fingerprint density at radius 2 is 1.94 bits per heavy atom. The highest BCUT2D eigenvalue weighted by Gasteiger charge is 2.23. The summed E-state index contributed by atoms with van der Waals surface area (Å²) in [6, 6.07) is 7.01. The van der Waals surface area contributed by atoms with Gasteiger partial charge in [-0.2, -0.15) is 9.97 Å². The molecule has 11 heteroatoms. The molecule has 3 N–H and O–H groups in total. The highest BCUT2D eigenvalue weighted by molar-refractivity contribution is 7.92. The number of rotatable bonds is 9. The van der Waals surface area contributed by atoms with Gasteiger partial charge in [0.1, 0.15) is 15.2 Å². The number of amides is 1. The van der Waals surface area contributed by atoms with Crippen LogP contribution in [-0.4, -0.2) is 35.4 Å². The molecule has 2 atom stereocenters. The number of carbonyl (C=O) groups is 1. The number of H-pyrrole nitrogens is 1. The van der Waals surface area contributed by atoms with E-state index in [2.05, 4.69) is 20.3 Å². The van der Waals surface area contributed by atoms with E-state index in [4.69, 9.17) is 16.4 Å². The molecule has 1 aromatic carbocycles. The predicted molar refractivity (Wildman–Crippen MR) is 126 cm³/mol. The smallest absolute Gasteiger partial charge is 0.309 e. The summed E-state index contributed by atoms with van der Waals surface area (Å²) in [6.45, 7) is 5.78. The molecule has 0 radical (unpaired) electrons. The number of anilines is 1. The molecule has 2 heterocycles. The molecule has 172 valence electrons. The molecule has 2 aromatic heterocycles. The number of hydrogen-bond acceptors (Lipinski definition) is 6. The van der Waals surface area contributed by atoms with Crippen molar-refractivity contribution >= 4 is 44.2 Å². The van der Waals surface area contributed by atoms with Crippen molar-refractivity contribution in [1.82, 2.24) is 19.5 Å². The van der Waals surface area contributed by atoms with E-state index in [1.807, 2.05) is 13.8 Å². The Labute approximate surface area is 191 Å². The topological polar surface area (TPSA) is 134 Å². The summed E-state index contributed by atoms with van der Waals surface area (Å²) in [7, 11) is -3.30. The van der Waals surface area contributed by atoms with E-state index in [-0.39, 0.29) is 46.3 Å². The lowest BCUT2D eigenvalue weighted by Gasteiger charge is -2.13. The molecule has 0 saturated heterocycles. The first kappa shape index (κ1) is 23.9. The highest BCUT2D eigenvalue weighted by Crippen LogP contribution is 2.22. The molecule has 32 heavy (non-hydrogen) atoms. The van der Waals surface area contributed by atoms with Crippen LogP contribution >= 0.6 is 11.6 Å². The minimum absolute atomic E-state index is 0.0565. The zero-order valence-corrected chi connectivity index (χ0v) is 19.8. The van der Waals surface area contributed by atoms with Crippen molar-refractivity contribution in [3.05, 3.63) is 45.3 Å². The van der Waals surface area contributed by atoms with Crippen LogP contribution in [0.25, 0.3) is 11.2 Å². The minimum Gasteiger partial charge on any atom is -0.309 e. The van der Waals surface area contributed by atoms with Gasteiger partial charge in [0, 0.05) is 16.7 Å². The van der Waals surface area contributed by atoms with Gasteiger partial charge in [-0.1, -0.05) is 50.9 Å². The average molecular weight is 479 g/mol. The number of carbonyl (C=O) groups excluding carboxylic acids is 1. The minimum atomic E-state index is -3.30. The molecule has 0 aliphatic heterocycles. The lowest BCUT2D eigenvalue weighted by Crippen LogP contribution is -2.22. The molecule has 0 bridgehead atoms. The summed E-state index contributed by atoms with van der Waals surface area (Å²) in [5, 5.41) is 3.11. The fraction of sp³-hybridized carbons (Fsp3) is 0.429. The van der Waals surface area contributed by atoms with Gasteiger partial charge < -0.3 is 10.3 Å². The van der Waals surface area contributed by atoms with Crippen LogP contribution < -0.4 is 11.0 Å².